The third kappa shape index (κ3) is 4.63. The van der Waals surface area contributed by atoms with Crippen LogP contribution in [0.5, 0.6) is 17.2 Å². The highest BCUT2D eigenvalue weighted by atomic mass is 32.2. The molecule has 3 N–H and O–H groups in total. The summed E-state index contributed by atoms with van der Waals surface area (Å²) in [5.74, 6) is 0.930. The number of pyridine rings is 1. The van der Waals surface area contributed by atoms with Crippen molar-refractivity contribution in [1.29, 1.82) is 0 Å². The van der Waals surface area contributed by atoms with Gasteiger partial charge in [-0.25, -0.2) is 0 Å². The number of amidine groups is 1. The number of nitrogens with zero attached hydrogens (tertiary/aromatic N) is 1. The minimum atomic E-state index is -4.16. The van der Waals surface area contributed by atoms with Gasteiger partial charge in [0.2, 0.25) is 0 Å². The van der Waals surface area contributed by atoms with Crippen molar-refractivity contribution in [3.8, 4) is 28.4 Å². The summed E-state index contributed by atoms with van der Waals surface area (Å²) in [7, 11) is -2.59. The molecule has 0 unspecified atom stereocenters. The molecule has 230 valence electrons. The number of rotatable bonds is 6. The molecule has 2 aliphatic rings. The molecule has 10 nitrogen and oxygen atoms in total. The van der Waals surface area contributed by atoms with Gasteiger partial charge in [0.1, 0.15) is 16.4 Å². The number of ketones is 1. The number of benzene rings is 5. The third-order valence-corrected chi connectivity index (χ3v) is 9.47. The fourth-order valence-electron chi connectivity index (χ4n) is 6.06. The molecule has 0 saturated carbocycles. The van der Waals surface area contributed by atoms with E-state index in [1.807, 2.05) is 30.3 Å². The summed E-state index contributed by atoms with van der Waals surface area (Å²) < 4.78 is 42.4. The van der Waals surface area contributed by atoms with Crippen molar-refractivity contribution in [2.75, 3.05) is 17.7 Å². The van der Waals surface area contributed by atoms with Crippen LogP contribution in [-0.4, -0.2) is 32.1 Å². The predicted molar refractivity (Wildman–Crippen MR) is 180 cm³/mol. The Labute approximate surface area is 268 Å². The van der Waals surface area contributed by atoms with Crippen LogP contribution in [-0.2, 0) is 10.0 Å². The molecular weight excluding hydrogens is 616 g/mol. The number of H-pyrrole nitrogens is 1. The first-order valence-corrected chi connectivity index (χ1v) is 16.0. The summed E-state index contributed by atoms with van der Waals surface area (Å²) in [6.07, 6.45) is 0. The highest BCUT2D eigenvalue weighted by Crippen LogP contribution is 2.47. The van der Waals surface area contributed by atoms with Crippen molar-refractivity contribution >= 4 is 49.6 Å². The SMILES string of the molecule is COc1ccc(Oc2cc(Nc3ccccc3)c3c4c(c(C5=NS(=O)(=O)c6ccccc6N5)c(=O)[nH]c24)-c2ccccc2C3=O)cc1. The number of nitrogens with one attached hydrogen (secondary N) is 3. The maximum absolute atomic E-state index is 14.4. The van der Waals surface area contributed by atoms with Gasteiger partial charge in [0.15, 0.2) is 17.4 Å². The summed E-state index contributed by atoms with van der Waals surface area (Å²) in [5.41, 5.74) is 2.52. The summed E-state index contributed by atoms with van der Waals surface area (Å²) in [4.78, 5) is 31.4. The molecule has 5 aromatic carbocycles. The van der Waals surface area contributed by atoms with Gasteiger partial charge in [0.25, 0.3) is 15.6 Å². The van der Waals surface area contributed by atoms with E-state index in [1.54, 1.807) is 79.9 Å². The molecule has 0 saturated heterocycles. The number of para-hydroxylation sites is 2. The van der Waals surface area contributed by atoms with Crippen molar-refractivity contribution in [2.24, 2.45) is 4.40 Å². The van der Waals surface area contributed by atoms with Crippen molar-refractivity contribution in [3.05, 3.63) is 136 Å². The zero-order valence-corrected chi connectivity index (χ0v) is 25.5. The lowest BCUT2D eigenvalue weighted by molar-refractivity contribution is 0.104. The number of hydrogen-bond acceptors (Lipinski definition) is 8. The Bertz CT molecular complexity index is 2470. The van der Waals surface area contributed by atoms with Crippen molar-refractivity contribution < 1.29 is 22.7 Å². The summed E-state index contributed by atoms with van der Waals surface area (Å²) in [5, 5.41) is 6.81. The highest BCUT2D eigenvalue weighted by molar-refractivity contribution is 7.90. The van der Waals surface area contributed by atoms with Crippen LogP contribution in [0.2, 0.25) is 0 Å². The lowest BCUT2D eigenvalue weighted by atomic mass is 9.81. The van der Waals surface area contributed by atoms with E-state index in [9.17, 15) is 18.0 Å². The van der Waals surface area contributed by atoms with E-state index >= 15 is 0 Å². The number of carbonyl (C=O) groups excluding carboxylic acids is 1. The molecule has 1 aliphatic carbocycles. The van der Waals surface area contributed by atoms with E-state index in [1.165, 1.54) is 6.07 Å². The second-order valence-corrected chi connectivity index (χ2v) is 12.5. The number of sulfonamides is 1. The summed E-state index contributed by atoms with van der Waals surface area (Å²) >= 11 is 0. The molecule has 0 atom stereocenters. The number of hydrogen-bond donors (Lipinski definition) is 3. The number of ether oxygens (including phenoxy) is 2. The molecule has 0 spiro atoms. The van der Waals surface area contributed by atoms with E-state index in [0.717, 1.165) is 5.69 Å². The second-order valence-electron chi connectivity index (χ2n) is 10.9. The maximum atomic E-state index is 14.4. The van der Waals surface area contributed by atoms with Gasteiger partial charge in [-0.1, -0.05) is 54.6 Å². The minimum absolute atomic E-state index is 0.00426. The Kier molecular flexibility index (Phi) is 6.44. The third-order valence-electron chi connectivity index (χ3n) is 8.13. The number of aromatic amines is 1. The molecule has 11 heteroatoms. The molecule has 0 bridgehead atoms. The fraction of sp³-hybridized carbons (Fsp3) is 0.0278. The Balaban J connectivity index is 1.46. The number of fused-ring (bicyclic) bond motifs is 3. The smallest absolute Gasteiger partial charge is 0.286 e. The van der Waals surface area contributed by atoms with Gasteiger partial charge >= 0.3 is 0 Å². The van der Waals surface area contributed by atoms with Crippen LogP contribution in [0.1, 0.15) is 21.5 Å². The summed E-state index contributed by atoms with van der Waals surface area (Å²) in [6.45, 7) is 0. The van der Waals surface area contributed by atoms with Gasteiger partial charge in [0, 0.05) is 28.3 Å². The van der Waals surface area contributed by atoms with Crippen molar-refractivity contribution in [1.82, 2.24) is 4.98 Å². The molecule has 1 aliphatic heterocycles. The Hall–Kier alpha value is -6.20. The lowest BCUT2D eigenvalue weighted by Crippen LogP contribution is -2.31. The van der Waals surface area contributed by atoms with Crippen LogP contribution in [0.4, 0.5) is 17.1 Å². The van der Waals surface area contributed by atoms with Crippen LogP contribution in [0.3, 0.4) is 0 Å². The Morgan fingerprint density at radius 3 is 2.19 bits per heavy atom. The van der Waals surface area contributed by atoms with E-state index in [2.05, 4.69) is 20.0 Å². The standard InChI is InChI=1S/C36H24N4O6S/c1-45-21-15-17-22(18-16-21)46-27-19-26(37-20-9-3-2-4-10-20)30-31-29(23-11-5-6-12-24(23)34(30)41)32(36(42)39-33(27)31)35-38-25-13-7-8-14-28(25)47(43,44)40-35/h2-19,37H,1H3,(H,38,40)(H,39,42). The van der Waals surface area contributed by atoms with Crippen LogP contribution in [0.15, 0.2) is 123 Å². The quantitative estimate of drug-likeness (QED) is 0.180. The molecule has 6 aromatic rings. The van der Waals surface area contributed by atoms with Crippen molar-refractivity contribution in [2.45, 2.75) is 4.90 Å². The maximum Gasteiger partial charge on any atom is 0.286 e. The minimum Gasteiger partial charge on any atom is -0.497 e. The van der Waals surface area contributed by atoms with E-state index < -0.39 is 15.6 Å². The van der Waals surface area contributed by atoms with Gasteiger partial charge in [-0.3, -0.25) is 9.59 Å². The van der Waals surface area contributed by atoms with E-state index in [0.29, 0.717) is 39.3 Å². The molecule has 1 aromatic heterocycles. The fourth-order valence-corrected chi connectivity index (χ4v) is 7.18. The monoisotopic (exact) mass is 640 g/mol. The van der Waals surface area contributed by atoms with Crippen molar-refractivity contribution in [3.63, 3.8) is 0 Å². The number of carbonyl (C=O) groups is 1. The molecule has 47 heavy (non-hydrogen) atoms. The van der Waals surface area contributed by atoms with Gasteiger partial charge in [-0.2, -0.15) is 8.42 Å². The number of methoxy groups -OCH3 is 1. The molecule has 0 amide bonds. The van der Waals surface area contributed by atoms with Gasteiger partial charge in [0.05, 0.1) is 35.1 Å². The molecular formula is C36H24N4O6S. The topological polar surface area (TPSA) is 139 Å². The molecule has 0 fully saturated rings. The molecule has 0 radical (unpaired) electrons. The van der Waals surface area contributed by atoms with Crippen LogP contribution in [0, 0.1) is 0 Å². The first-order chi connectivity index (χ1) is 22.8. The largest absolute Gasteiger partial charge is 0.497 e. The van der Waals surface area contributed by atoms with E-state index in [4.69, 9.17) is 9.47 Å². The average Bonchev–Trinajstić information content (AvgIpc) is 3.08. The summed E-state index contributed by atoms with van der Waals surface area (Å²) in [6, 6.07) is 31.2. The zero-order valence-electron chi connectivity index (χ0n) is 24.7. The normalized spacial score (nSPS) is 14.0. The van der Waals surface area contributed by atoms with Crippen LogP contribution >= 0.6 is 0 Å². The zero-order chi connectivity index (χ0) is 32.3. The first-order valence-electron chi connectivity index (χ1n) is 14.6. The lowest BCUT2D eigenvalue weighted by Gasteiger charge is -2.27. The Morgan fingerprint density at radius 1 is 0.745 bits per heavy atom. The first kappa shape index (κ1) is 28.3. The van der Waals surface area contributed by atoms with Gasteiger partial charge < -0.3 is 25.1 Å². The number of aromatic nitrogens is 1. The van der Waals surface area contributed by atoms with Gasteiger partial charge in [-0.15, -0.1) is 4.40 Å². The number of anilines is 3. The molecule has 8 rings (SSSR count). The highest BCUT2D eigenvalue weighted by Gasteiger charge is 2.36. The van der Waals surface area contributed by atoms with Gasteiger partial charge in [-0.05, 0) is 54.1 Å². The van der Waals surface area contributed by atoms with Crippen LogP contribution < -0.4 is 25.7 Å². The predicted octanol–water partition coefficient (Wildman–Crippen LogP) is 6.85. The Morgan fingerprint density at radius 2 is 1.43 bits per heavy atom. The average molecular weight is 641 g/mol. The van der Waals surface area contributed by atoms with E-state index in [-0.39, 0.29) is 44.6 Å². The second kappa shape index (κ2) is 10.7. The molecule has 2 heterocycles. The van der Waals surface area contributed by atoms with Crippen LogP contribution in [0.25, 0.3) is 22.0 Å².